The molecule has 21 heavy (non-hydrogen) atoms. The molecule has 0 amide bonds. The summed E-state index contributed by atoms with van der Waals surface area (Å²) in [6.45, 7) is 0.589. The van der Waals surface area contributed by atoms with Crippen LogP contribution in [0.3, 0.4) is 0 Å². The topological polar surface area (TPSA) is 119 Å². The first-order valence-electron chi connectivity index (χ1n) is 6.32. The van der Waals surface area contributed by atoms with Crippen molar-refractivity contribution in [3.05, 3.63) is 28.1 Å². The monoisotopic (exact) mass is 318 g/mol. The van der Waals surface area contributed by atoms with E-state index in [-0.39, 0.29) is 5.69 Å². The fourth-order valence-electron chi connectivity index (χ4n) is 2.29. The summed E-state index contributed by atoms with van der Waals surface area (Å²) in [7, 11) is -4.08. The zero-order chi connectivity index (χ0) is 15.6. The number of nitro benzene ring substituents is 1. The van der Waals surface area contributed by atoms with Gasteiger partial charge in [-0.2, -0.15) is 4.31 Å². The van der Waals surface area contributed by atoms with Crippen molar-refractivity contribution in [3.63, 3.8) is 0 Å². The predicted molar refractivity (Wildman–Crippen MR) is 73.5 cm³/mol. The van der Waals surface area contributed by atoms with Gasteiger partial charge in [0.1, 0.15) is 4.90 Å². The Balaban J connectivity index is 2.54. The third-order valence-corrected chi connectivity index (χ3v) is 5.28. The molecule has 1 aliphatic rings. The molecule has 3 N–H and O–H groups in total. The Morgan fingerprint density at radius 3 is 2.43 bits per heavy atom. The minimum atomic E-state index is -4.08. The van der Waals surface area contributed by atoms with E-state index in [9.17, 15) is 22.9 Å². The van der Waals surface area contributed by atoms with Crippen LogP contribution in [0.4, 0.5) is 15.8 Å². The number of non-ortho nitro benzene ring substituents is 1. The van der Waals surface area contributed by atoms with Crippen molar-refractivity contribution < 1.29 is 17.7 Å². The van der Waals surface area contributed by atoms with Crippen molar-refractivity contribution in [2.24, 2.45) is 5.84 Å². The minimum Gasteiger partial charge on any atom is -0.323 e. The first-order valence-corrected chi connectivity index (χ1v) is 7.76. The minimum absolute atomic E-state index is 0.294. The molecule has 1 aromatic rings. The molecule has 116 valence electrons. The molecule has 1 saturated heterocycles. The van der Waals surface area contributed by atoms with Gasteiger partial charge in [-0.3, -0.25) is 16.0 Å². The maximum Gasteiger partial charge on any atom is 0.274 e. The van der Waals surface area contributed by atoms with Gasteiger partial charge in [0, 0.05) is 19.2 Å². The first-order chi connectivity index (χ1) is 9.87. The Hall–Kier alpha value is -1.78. The molecule has 10 heteroatoms. The van der Waals surface area contributed by atoms with Gasteiger partial charge in [-0.15, -0.1) is 0 Å². The average Bonchev–Trinajstić information content (AvgIpc) is 2.46. The van der Waals surface area contributed by atoms with Crippen molar-refractivity contribution in [1.82, 2.24) is 4.31 Å². The Morgan fingerprint density at radius 1 is 1.29 bits per heavy atom. The molecule has 0 atom stereocenters. The molecule has 0 radical (unpaired) electrons. The molecular weight excluding hydrogens is 303 g/mol. The van der Waals surface area contributed by atoms with Crippen molar-refractivity contribution in [2.45, 2.75) is 24.2 Å². The molecule has 0 spiro atoms. The van der Waals surface area contributed by atoms with E-state index >= 15 is 0 Å². The number of nitrogens with one attached hydrogen (secondary N) is 1. The summed E-state index contributed by atoms with van der Waals surface area (Å²) in [4.78, 5) is 9.22. The van der Waals surface area contributed by atoms with E-state index in [4.69, 9.17) is 5.84 Å². The van der Waals surface area contributed by atoms with Crippen LogP contribution in [-0.4, -0.2) is 30.7 Å². The number of nitro groups is 1. The molecule has 1 heterocycles. The molecule has 0 saturated carbocycles. The summed E-state index contributed by atoms with van der Waals surface area (Å²) in [6.07, 6.45) is 2.30. The summed E-state index contributed by atoms with van der Waals surface area (Å²) < 4.78 is 40.2. The lowest BCUT2D eigenvalue weighted by Crippen LogP contribution is -2.36. The van der Waals surface area contributed by atoms with Crippen LogP contribution in [0.15, 0.2) is 17.0 Å². The summed E-state index contributed by atoms with van der Waals surface area (Å²) >= 11 is 0. The lowest BCUT2D eigenvalue weighted by molar-refractivity contribution is -0.385. The number of halogens is 1. The van der Waals surface area contributed by atoms with E-state index in [0.29, 0.717) is 32.0 Å². The van der Waals surface area contributed by atoms with Crippen LogP contribution < -0.4 is 11.3 Å². The largest absolute Gasteiger partial charge is 0.323 e. The number of hydrazine groups is 1. The van der Waals surface area contributed by atoms with E-state index in [1.807, 2.05) is 5.43 Å². The highest BCUT2D eigenvalue weighted by Crippen LogP contribution is 2.32. The fraction of sp³-hybridized carbons (Fsp3) is 0.455. The molecule has 8 nitrogen and oxygen atoms in total. The number of nitrogens with zero attached hydrogens (tertiary/aromatic N) is 2. The molecule has 0 bridgehead atoms. The zero-order valence-electron chi connectivity index (χ0n) is 11.1. The highest BCUT2D eigenvalue weighted by molar-refractivity contribution is 7.89. The van der Waals surface area contributed by atoms with Crippen molar-refractivity contribution in [3.8, 4) is 0 Å². The second kappa shape index (κ2) is 5.92. The second-order valence-corrected chi connectivity index (χ2v) is 6.55. The summed E-state index contributed by atoms with van der Waals surface area (Å²) in [5.74, 6) is 4.00. The highest BCUT2D eigenvalue weighted by atomic mass is 32.2. The number of piperidine rings is 1. The number of nitrogens with two attached hydrogens (primary N) is 1. The highest BCUT2D eigenvalue weighted by Gasteiger charge is 2.32. The molecule has 2 rings (SSSR count). The predicted octanol–water partition coefficient (Wildman–Crippen LogP) is 1.19. The molecule has 1 aromatic carbocycles. The number of sulfonamides is 1. The second-order valence-electron chi connectivity index (χ2n) is 4.67. The van der Waals surface area contributed by atoms with Crippen LogP contribution in [0.2, 0.25) is 0 Å². The summed E-state index contributed by atoms with van der Waals surface area (Å²) in [5, 5.41) is 10.7. The molecular formula is C11H15FN4O4S. The van der Waals surface area contributed by atoms with E-state index in [1.54, 1.807) is 0 Å². The van der Waals surface area contributed by atoms with Gasteiger partial charge in [-0.25, -0.2) is 12.8 Å². The first kappa shape index (κ1) is 15.6. The van der Waals surface area contributed by atoms with Gasteiger partial charge in [0.2, 0.25) is 10.0 Å². The van der Waals surface area contributed by atoms with E-state index in [2.05, 4.69) is 0 Å². The summed E-state index contributed by atoms with van der Waals surface area (Å²) in [6, 6.07) is 1.48. The number of rotatable bonds is 4. The Labute approximate surface area is 120 Å². The normalized spacial score (nSPS) is 16.7. The van der Waals surface area contributed by atoms with Gasteiger partial charge in [0.05, 0.1) is 16.7 Å². The third-order valence-electron chi connectivity index (χ3n) is 3.31. The van der Waals surface area contributed by atoms with Gasteiger partial charge in [0.25, 0.3) is 5.69 Å². The van der Waals surface area contributed by atoms with Gasteiger partial charge >= 0.3 is 0 Å². The third kappa shape index (κ3) is 2.96. The lowest BCUT2D eigenvalue weighted by atomic mass is 10.2. The number of benzene rings is 1. The molecule has 0 aromatic heterocycles. The van der Waals surface area contributed by atoms with Crippen LogP contribution in [-0.2, 0) is 10.0 Å². The van der Waals surface area contributed by atoms with E-state index in [0.717, 1.165) is 12.5 Å². The van der Waals surface area contributed by atoms with Crippen LogP contribution in [0.1, 0.15) is 19.3 Å². The van der Waals surface area contributed by atoms with Crippen molar-refractivity contribution in [1.29, 1.82) is 0 Å². The molecule has 0 aliphatic carbocycles. The maximum absolute atomic E-state index is 14.1. The number of hydrogen-bond acceptors (Lipinski definition) is 6. The van der Waals surface area contributed by atoms with Crippen molar-refractivity contribution in [2.75, 3.05) is 18.5 Å². The summed E-state index contributed by atoms with van der Waals surface area (Å²) in [5.41, 5.74) is 1.13. The average molecular weight is 318 g/mol. The smallest absolute Gasteiger partial charge is 0.274 e. The number of nitrogen functional groups attached to an aromatic ring is 1. The molecule has 0 unspecified atom stereocenters. The quantitative estimate of drug-likeness (QED) is 0.489. The fourth-order valence-corrected chi connectivity index (χ4v) is 3.99. The molecule has 1 fully saturated rings. The van der Waals surface area contributed by atoms with Gasteiger partial charge < -0.3 is 5.43 Å². The number of hydrogen-bond donors (Lipinski definition) is 2. The van der Waals surface area contributed by atoms with Crippen molar-refractivity contribution >= 4 is 21.4 Å². The standard InChI is InChI=1S/C11H15FN4O4S/c12-9-6-8(16(17)18)7-10(14-13)11(9)21(19,20)15-4-2-1-3-5-15/h6-7,14H,1-5,13H2. The zero-order valence-corrected chi connectivity index (χ0v) is 11.9. The Kier molecular flexibility index (Phi) is 4.40. The van der Waals surface area contributed by atoms with Crippen LogP contribution >= 0.6 is 0 Å². The van der Waals surface area contributed by atoms with Crippen LogP contribution in [0.25, 0.3) is 0 Å². The lowest BCUT2D eigenvalue weighted by Gasteiger charge is -2.26. The van der Waals surface area contributed by atoms with E-state index < -0.39 is 31.3 Å². The van der Waals surface area contributed by atoms with Gasteiger partial charge in [-0.1, -0.05) is 6.42 Å². The van der Waals surface area contributed by atoms with Crippen LogP contribution in [0.5, 0.6) is 0 Å². The van der Waals surface area contributed by atoms with Crippen LogP contribution in [0, 0.1) is 15.9 Å². The maximum atomic E-state index is 14.1. The number of anilines is 1. The molecule has 1 aliphatic heterocycles. The van der Waals surface area contributed by atoms with Gasteiger partial charge in [-0.05, 0) is 12.8 Å². The van der Waals surface area contributed by atoms with Gasteiger partial charge in [0.15, 0.2) is 5.82 Å². The Bertz CT molecular complexity index is 658. The van der Waals surface area contributed by atoms with E-state index in [1.165, 1.54) is 4.31 Å². The Morgan fingerprint density at radius 2 is 1.90 bits per heavy atom. The SMILES string of the molecule is NNc1cc([N+](=O)[O-])cc(F)c1S(=O)(=O)N1CCCCC1.